The monoisotopic (exact) mass is 298 g/mol. The minimum Gasteiger partial charge on any atom is -0.396 e. The second-order valence-electron chi connectivity index (χ2n) is 4.94. The van der Waals surface area contributed by atoms with Gasteiger partial charge in [0.2, 0.25) is 0 Å². The summed E-state index contributed by atoms with van der Waals surface area (Å²) in [6, 6.07) is 0. The van der Waals surface area contributed by atoms with E-state index in [1.807, 2.05) is 0 Å². The highest BCUT2D eigenvalue weighted by molar-refractivity contribution is 5.99. The maximum Gasteiger partial charge on any atom is 0.343 e. The van der Waals surface area contributed by atoms with Crippen LogP contribution in [0.4, 0.5) is 0 Å². The van der Waals surface area contributed by atoms with Crippen molar-refractivity contribution in [2.75, 3.05) is 6.61 Å². The highest BCUT2D eigenvalue weighted by Gasteiger charge is 2.19. The van der Waals surface area contributed by atoms with Crippen molar-refractivity contribution in [3.05, 3.63) is 24.8 Å². The lowest BCUT2D eigenvalue weighted by Crippen LogP contribution is -2.21. The maximum atomic E-state index is 11.4. The normalized spacial score (nSPS) is 11.7. The first-order valence-corrected chi connectivity index (χ1v) is 7.39. The second-order valence-corrected chi connectivity index (χ2v) is 4.94. The van der Waals surface area contributed by atoms with Gasteiger partial charge in [0.15, 0.2) is 0 Å². The van der Waals surface area contributed by atoms with Gasteiger partial charge < -0.3 is 14.9 Å². The topological polar surface area (TPSA) is 83.8 Å². The van der Waals surface area contributed by atoms with Crippen LogP contribution in [-0.2, 0) is 14.3 Å². The number of esters is 2. The van der Waals surface area contributed by atoms with Gasteiger partial charge in [-0.15, -0.1) is 0 Å². The molecule has 0 fully saturated rings. The van der Waals surface area contributed by atoms with Crippen molar-refractivity contribution >= 4 is 11.9 Å². The van der Waals surface area contributed by atoms with E-state index in [4.69, 9.17) is 5.11 Å². The molecule has 1 unspecified atom stereocenters. The summed E-state index contributed by atoms with van der Waals surface area (Å²) in [4.78, 5) is 22.3. The van der Waals surface area contributed by atoms with E-state index in [-0.39, 0.29) is 12.2 Å². The Bertz CT molecular complexity index is 349. The molecule has 0 bridgehead atoms. The van der Waals surface area contributed by atoms with E-state index < -0.39 is 18.0 Å². The van der Waals surface area contributed by atoms with Crippen LogP contribution in [0.2, 0.25) is 0 Å². The lowest BCUT2D eigenvalue weighted by Gasteiger charge is -2.11. The summed E-state index contributed by atoms with van der Waals surface area (Å²) >= 11 is 0. The number of unbranched alkanes of at least 4 members (excludes halogenated alkanes) is 6. The molecule has 5 nitrogen and oxygen atoms in total. The number of carbonyl (C=O) groups is 2. The zero-order chi connectivity index (χ0) is 16.1. The summed E-state index contributed by atoms with van der Waals surface area (Å²) < 4.78 is 4.39. The van der Waals surface area contributed by atoms with Crippen LogP contribution in [-0.4, -0.2) is 34.9 Å². The summed E-state index contributed by atoms with van der Waals surface area (Å²) in [6.45, 7) is 6.89. The molecule has 0 aliphatic heterocycles. The van der Waals surface area contributed by atoms with Crippen molar-refractivity contribution < 1.29 is 24.5 Å². The van der Waals surface area contributed by atoms with Crippen molar-refractivity contribution in [1.29, 1.82) is 0 Å². The fourth-order valence-corrected chi connectivity index (χ4v) is 1.84. The Balaban J connectivity index is 3.71. The average molecular weight is 298 g/mol. The number of hydrogen-bond acceptors (Lipinski definition) is 5. The molecule has 0 aromatic carbocycles. The van der Waals surface area contributed by atoms with Crippen molar-refractivity contribution in [1.82, 2.24) is 0 Å². The van der Waals surface area contributed by atoms with E-state index in [2.05, 4.69) is 17.9 Å². The Hall–Kier alpha value is -1.46. The van der Waals surface area contributed by atoms with E-state index in [1.165, 1.54) is 0 Å². The minimum absolute atomic E-state index is 0.104. The van der Waals surface area contributed by atoms with Gasteiger partial charge in [0.25, 0.3) is 0 Å². The van der Waals surface area contributed by atoms with Crippen LogP contribution in [0.25, 0.3) is 0 Å². The third kappa shape index (κ3) is 9.98. The number of rotatable bonds is 12. The molecule has 21 heavy (non-hydrogen) atoms. The van der Waals surface area contributed by atoms with Gasteiger partial charge >= 0.3 is 11.9 Å². The zero-order valence-corrected chi connectivity index (χ0v) is 12.6. The first-order chi connectivity index (χ1) is 10.0. The fraction of sp³-hybridized carbons (Fsp3) is 0.625. The van der Waals surface area contributed by atoms with E-state index in [9.17, 15) is 14.7 Å². The van der Waals surface area contributed by atoms with Gasteiger partial charge in [0.1, 0.15) is 0 Å². The summed E-state index contributed by atoms with van der Waals surface area (Å²) in [5.41, 5.74) is -0.104. The molecular formula is C16H26O5. The van der Waals surface area contributed by atoms with Gasteiger partial charge in [-0.1, -0.05) is 51.7 Å². The van der Waals surface area contributed by atoms with Crippen molar-refractivity contribution in [3.8, 4) is 0 Å². The van der Waals surface area contributed by atoms with Gasteiger partial charge in [0.05, 0.1) is 11.7 Å². The lowest BCUT2D eigenvalue weighted by atomic mass is 10.0. The highest BCUT2D eigenvalue weighted by atomic mass is 16.6. The Morgan fingerprint density at radius 3 is 2.10 bits per heavy atom. The largest absolute Gasteiger partial charge is 0.396 e. The molecule has 0 heterocycles. The van der Waals surface area contributed by atoms with Crippen LogP contribution < -0.4 is 0 Å². The molecular weight excluding hydrogens is 272 g/mol. The first kappa shape index (κ1) is 19.5. The third-order valence-electron chi connectivity index (χ3n) is 3.16. The molecule has 0 saturated heterocycles. The fourth-order valence-electron chi connectivity index (χ4n) is 1.84. The van der Waals surface area contributed by atoms with Crippen LogP contribution in [0, 0.1) is 0 Å². The van der Waals surface area contributed by atoms with E-state index in [0.717, 1.165) is 51.0 Å². The van der Waals surface area contributed by atoms with E-state index in [0.29, 0.717) is 6.42 Å². The predicted molar refractivity (Wildman–Crippen MR) is 80.5 cm³/mol. The summed E-state index contributed by atoms with van der Waals surface area (Å²) in [6.07, 6.45) is 7.23. The van der Waals surface area contributed by atoms with Crippen LogP contribution in [0.15, 0.2) is 24.8 Å². The molecule has 0 spiro atoms. The van der Waals surface area contributed by atoms with E-state index in [1.54, 1.807) is 0 Å². The predicted octanol–water partition coefficient (Wildman–Crippen LogP) is 2.27. The molecule has 0 amide bonds. The quantitative estimate of drug-likeness (QED) is 0.250. The molecule has 0 aromatic rings. The number of hydrogen-bond donors (Lipinski definition) is 2. The highest BCUT2D eigenvalue weighted by Crippen LogP contribution is 2.13. The number of aliphatic hydroxyl groups is 2. The lowest BCUT2D eigenvalue weighted by molar-refractivity contribution is -0.153. The van der Waals surface area contributed by atoms with Crippen LogP contribution >= 0.6 is 0 Å². The van der Waals surface area contributed by atoms with Gasteiger partial charge in [-0.2, -0.15) is 0 Å². The molecule has 0 aliphatic rings. The smallest absolute Gasteiger partial charge is 0.343 e. The number of aliphatic hydroxyl groups excluding tert-OH is 2. The zero-order valence-electron chi connectivity index (χ0n) is 12.6. The molecule has 0 radical (unpaired) electrons. The summed E-state index contributed by atoms with van der Waals surface area (Å²) in [5, 5.41) is 18.4. The Morgan fingerprint density at radius 1 is 1.05 bits per heavy atom. The van der Waals surface area contributed by atoms with Gasteiger partial charge in [-0.3, -0.25) is 0 Å². The molecule has 1 atom stereocenters. The first-order valence-electron chi connectivity index (χ1n) is 7.39. The van der Waals surface area contributed by atoms with Gasteiger partial charge in [-0.05, 0) is 12.8 Å². The number of carbonyl (C=O) groups excluding carboxylic acids is 2. The van der Waals surface area contributed by atoms with Crippen molar-refractivity contribution in [2.45, 2.75) is 57.5 Å². The van der Waals surface area contributed by atoms with Crippen LogP contribution in [0.1, 0.15) is 51.4 Å². The second kappa shape index (κ2) is 12.3. The Morgan fingerprint density at radius 2 is 1.57 bits per heavy atom. The van der Waals surface area contributed by atoms with Crippen LogP contribution in [0.5, 0.6) is 0 Å². The third-order valence-corrected chi connectivity index (χ3v) is 3.16. The molecule has 0 rings (SSSR count). The molecule has 5 heteroatoms. The maximum absolute atomic E-state index is 11.4. The van der Waals surface area contributed by atoms with Crippen LogP contribution in [0.3, 0.4) is 0 Å². The molecule has 2 N–H and O–H groups in total. The summed E-state index contributed by atoms with van der Waals surface area (Å²) in [7, 11) is 0. The number of ether oxygens (including phenoxy) is 1. The van der Waals surface area contributed by atoms with Gasteiger partial charge in [-0.25, -0.2) is 9.59 Å². The Labute approximate surface area is 126 Å². The van der Waals surface area contributed by atoms with Gasteiger partial charge in [0, 0.05) is 12.7 Å². The molecule has 0 aromatic heterocycles. The standard InChI is InChI=1S/C16H26O5/c1-3-15(19)21-16(20)13(2)14(18)11-9-7-5-4-6-8-10-12-17/h3,14,17-18H,1-2,4-12H2. The molecule has 120 valence electrons. The SMILES string of the molecule is C=CC(=O)OC(=O)C(=C)C(O)CCCCCCCCCO. The van der Waals surface area contributed by atoms with Crippen molar-refractivity contribution in [2.24, 2.45) is 0 Å². The molecule has 0 aliphatic carbocycles. The van der Waals surface area contributed by atoms with E-state index >= 15 is 0 Å². The summed E-state index contributed by atoms with van der Waals surface area (Å²) in [5.74, 6) is -1.76. The minimum atomic E-state index is -0.982. The molecule has 0 saturated carbocycles. The Kier molecular flexibility index (Phi) is 11.4. The van der Waals surface area contributed by atoms with Crippen molar-refractivity contribution in [3.63, 3.8) is 0 Å². The average Bonchev–Trinajstić information content (AvgIpc) is 2.48.